The maximum atomic E-state index is 12.2. The van der Waals surface area contributed by atoms with Crippen LogP contribution in [0.25, 0.3) is 0 Å². The van der Waals surface area contributed by atoms with E-state index in [9.17, 15) is 14.4 Å². The van der Waals surface area contributed by atoms with E-state index in [0.29, 0.717) is 12.2 Å². The highest BCUT2D eigenvalue weighted by atomic mass is 16.5. The number of esters is 1. The molecule has 0 heterocycles. The molecule has 0 spiro atoms. The van der Waals surface area contributed by atoms with E-state index in [0.717, 1.165) is 11.3 Å². The summed E-state index contributed by atoms with van der Waals surface area (Å²) in [6.45, 7) is -0.133. The average Bonchev–Trinajstić information content (AvgIpc) is 2.77. The van der Waals surface area contributed by atoms with Gasteiger partial charge >= 0.3 is 5.97 Å². The van der Waals surface area contributed by atoms with Gasteiger partial charge in [-0.1, -0.05) is 42.5 Å². The number of rotatable bonds is 8. The van der Waals surface area contributed by atoms with Crippen LogP contribution in [0.3, 0.4) is 0 Å². The Bertz CT molecular complexity index is 1030. The van der Waals surface area contributed by atoms with Gasteiger partial charge < -0.3 is 20.5 Å². The van der Waals surface area contributed by atoms with Gasteiger partial charge in [-0.25, -0.2) is 4.79 Å². The number of benzene rings is 3. The van der Waals surface area contributed by atoms with Gasteiger partial charge in [0.2, 0.25) is 0 Å². The molecule has 2 amide bonds. The third kappa shape index (κ3) is 5.68. The lowest BCUT2D eigenvalue weighted by molar-refractivity contribution is -0.119. The normalized spacial score (nSPS) is 10.1. The second-order valence-corrected chi connectivity index (χ2v) is 6.33. The molecule has 30 heavy (non-hydrogen) atoms. The van der Waals surface area contributed by atoms with Crippen molar-refractivity contribution in [2.45, 2.75) is 6.61 Å². The molecule has 0 fully saturated rings. The van der Waals surface area contributed by atoms with Crippen molar-refractivity contribution in [2.24, 2.45) is 5.73 Å². The summed E-state index contributed by atoms with van der Waals surface area (Å²) in [5.41, 5.74) is 6.90. The molecule has 3 rings (SSSR count). The topological polar surface area (TPSA) is 108 Å². The van der Waals surface area contributed by atoms with Gasteiger partial charge in [-0.15, -0.1) is 0 Å². The van der Waals surface area contributed by atoms with E-state index in [1.54, 1.807) is 36.4 Å². The van der Waals surface area contributed by atoms with E-state index in [-0.39, 0.29) is 11.3 Å². The molecule has 7 nitrogen and oxygen atoms in total. The van der Waals surface area contributed by atoms with Gasteiger partial charge in [-0.3, -0.25) is 9.59 Å². The quantitative estimate of drug-likeness (QED) is 0.561. The Morgan fingerprint density at radius 2 is 1.50 bits per heavy atom. The maximum absolute atomic E-state index is 12.2. The third-order valence-electron chi connectivity index (χ3n) is 4.14. The second kappa shape index (κ2) is 9.88. The lowest BCUT2D eigenvalue weighted by atomic mass is 10.1. The molecule has 0 saturated carbocycles. The number of amides is 2. The molecule has 0 aliphatic rings. The van der Waals surface area contributed by atoms with Crippen molar-refractivity contribution in [1.82, 2.24) is 0 Å². The first-order valence-corrected chi connectivity index (χ1v) is 9.15. The molecule has 152 valence electrons. The monoisotopic (exact) mass is 404 g/mol. The van der Waals surface area contributed by atoms with Crippen molar-refractivity contribution in [3.8, 4) is 5.75 Å². The Morgan fingerprint density at radius 1 is 0.833 bits per heavy atom. The Morgan fingerprint density at radius 3 is 2.20 bits per heavy atom. The van der Waals surface area contributed by atoms with Gasteiger partial charge in [-0.2, -0.15) is 0 Å². The molecular weight excluding hydrogens is 384 g/mol. The standard InChI is InChI=1S/C23H20N2O5/c24-22(27)19-8-4-5-9-20(19)25-21(26)15-30-23(28)17-12-10-16(11-13-17)14-29-18-6-2-1-3-7-18/h1-13H,14-15H2,(H2,24,27)(H,25,26). The highest BCUT2D eigenvalue weighted by Gasteiger charge is 2.13. The lowest BCUT2D eigenvalue weighted by Crippen LogP contribution is -2.23. The molecule has 0 saturated heterocycles. The molecule has 0 radical (unpaired) electrons. The van der Waals surface area contributed by atoms with Crippen molar-refractivity contribution in [1.29, 1.82) is 0 Å². The SMILES string of the molecule is NC(=O)c1ccccc1NC(=O)COC(=O)c1ccc(COc2ccccc2)cc1. The summed E-state index contributed by atoms with van der Waals surface area (Å²) in [4.78, 5) is 35.6. The van der Waals surface area contributed by atoms with Crippen LogP contribution in [-0.4, -0.2) is 24.4 Å². The minimum absolute atomic E-state index is 0.172. The summed E-state index contributed by atoms with van der Waals surface area (Å²) in [6.07, 6.45) is 0. The first-order valence-electron chi connectivity index (χ1n) is 9.15. The zero-order chi connectivity index (χ0) is 21.3. The molecule has 0 unspecified atom stereocenters. The summed E-state index contributed by atoms with van der Waals surface area (Å²) < 4.78 is 10.7. The van der Waals surface area contributed by atoms with Gasteiger partial charge in [0, 0.05) is 0 Å². The van der Waals surface area contributed by atoms with Crippen molar-refractivity contribution in [2.75, 3.05) is 11.9 Å². The first kappa shape index (κ1) is 20.6. The van der Waals surface area contributed by atoms with E-state index in [1.165, 1.54) is 12.1 Å². The summed E-state index contributed by atoms with van der Waals surface area (Å²) in [5.74, 6) is -1.13. The molecule has 7 heteroatoms. The number of ether oxygens (including phenoxy) is 2. The summed E-state index contributed by atoms with van der Waals surface area (Å²) in [7, 11) is 0. The van der Waals surface area contributed by atoms with Gasteiger partial charge in [0.25, 0.3) is 11.8 Å². The smallest absolute Gasteiger partial charge is 0.338 e. The van der Waals surface area contributed by atoms with Gasteiger partial charge in [0.15, 0.2) is 6.61 Å². The number of para-hydroxylation sites is 2. The average molecular weight is 404 g/mol. The van der Waals surface area contributed by atoms with Crippen LogP contribution < -0.4 is 15.8 Å². The Kier molecular flexibility index (Phi) is 6.78. The number of nitrogens with two attached hydrogens (primary N) is 1. The van der Waals surface area contributed by atoms with Crippen molar-refractivity contribution in [3.63, 3.8) is 0 Å². The van der Waals surface area contributed by atoms with E-state index in [4.69, 9.17) is 15.2 Å². The highest BCUT2D eigenvalue weighted by Crippen LogP contribution is 2.15. The van der Waals surface area contributed by atoms with E-state index < -0.39 is 24.4 Å². The maximum Gasteiger partial charge on any atom is 0.338 e. The van der Waals surface area contributed by atoms with Crippen LogP contribution in [-0.2, 0) is 16.1 Å². The third-order valence-corrected chi connectivity index (χ3v) is 4.14. The van der Waals surface area contributed by atoms with E-state index >= 15 is 0 Å². The van der Waals surface area contributed by atoms with E-state index in [1.807, 2.05) is 30.3 Å². The van der Waals surface area contributed by atoms with Crippen LogP contribution in [0.5, 0.6) is 5.75 Å². The van der Waals surface area contributed by atoms with Crippen LogP contribution in [0.2, 0.25) is 0 Å². The second-order valence-electron chi connectivity index (χ2n) is 6.33. The number of nitrogens with one attached hydrogen (secondary N) is 1. The lowest BCUT2D eigenvalue weighted by Gasteiger charge is -2.10. The van der Waals surface area contributed by atoms with Crippen molar-refractivity contribution < 1.29 is 23.9 Å². The van der Waals surface area contributed by atoms with E-state index in [2.05, 4.69) is 5.32 Å². The summed E-state index contributed by atoms with van der Waals surface area (Å²) in [6, 6.07) is 22.4. The molecule has 3 N–H and O–H groups in total. The molecule has 0 bridgehead atoms. The Hall–Kier alpha value is -4.13. The molecule has 3 aromatic carbocycles. The van der Waals surface area contributed by atoms with Crippen LogP contribution in [0, 0.1) is 0 Å². The van der Waals surface area contributed by atoms with Crippen LogP contribution in [0.1, 0.15) is 26.3 Å². The number of hydrogen-bond donors (Lipinski definition) is 2. The zero-order valence-electron chi connectivity index (χ0n) is 16.0. The molecule has 0 atom stereocenters. The summed E-state index contributed by atoms with van der Waals surface area (Å²) in [5, 5.41) is 2.51. The van der Waals surface area contributed by atoms with Crippen LogP contribution >= 0.6 is 0 Å². The fraction of sp³-hybridized carbons (Fsp3) is 0.0870. The number of carbonyl (C=O) groups excluding carboxylic acids is 3. The molecule has 0 aromatic heterocycles. The molecule has 0 aliphatic carbocycles. The number of carbonyl (C=O) groups is 3. The fourth-order valence-electron chi connectivity index (χ4n) is 2.63. The first-order chi connectivity index (χ1) is 14.5. The van der Waals surface area contributed by atoms with Crippen LogP contribution in [0.4, 0.5) is 5.69 Å². The molecule has 3 aromatic rings. The zero-order valence-corrected chi connectivity index (χ0v) is 16.0. The summed E-state index contributed by atoms with van der Waals surface area (Å²) >= 11 is 0. The minimum atomic E-state index is -0.667. The number of hydrogen-bond acceptors (Lipinski definition) is 5. The predicted molar refractivity (Wildman–Crippen MR) is 111 cm³/mol. The minimum Gasteiger partial charge on any atom is -0.489 e. The molecular formula is C23H20N2O5. The van der Waals surface area contributed by atoms with Gasteiger partial charge in [0.05, 0.1) is 16.8 Å². The predicted octanol–water partition coefficient (Wildman–Crippen LogP) is 3.16. The van der Waals surface area contributed by atoms with Crippen LogP contribution in [0.15, 0.2) is 78.9 Å². The van der Waals surface area contributed by atoms with Crippen molar-refractivity contribution >= 4 is 23.5 Å². The van der Waals surface area contributed by atoms with Crippen molar-refractivity contribution in [3.05, 3.63) is 95.6 Å². The Balaban J connectivity index is 1.50. The van der Waals surface area contributed by atoms with Gasteiger partial charge in [0.1, 0.15) is 12.4 Å². The fourth-order valence-corrected chi connectivity index (χ4v) is 2.63. The number of anilines is 1. The molecule has 0 aliphatic heterocycles. The van der Waals surface area contributed by atoms with Gasteiger partial charge in [-0.05, 0) is 42.0 Å². The Labute approximate surface area is 173 Å². The highest BCUT2D eigenvalue weighted by molar-refractivity contribution is 6.03. The largest absolute Gasteiger partial charge is 0.489 e. The number of primary amides is 1.